The molecule has 1 heterocycles. The van der Waals surface area contributed by atoms with Crippen molar-refractivity contribution in [2.75, 3.05) is 13.6 Å². The number of aryl methyl sites for hydroxylation is 2. The molecule has 2 rings (SSSR count). The van der Waals surface area contributed by atoms with E-state index in [4.69, 9.17) is 0 Å². The highest BCUT2D eigenvalue weighted by molar-refractivity contribution is 5.36. The van der Waals surface area contributed by atoms with E-state index in [9.17, 15) is 0 Å². The molecule has 0 bridgehead atoms. The third-order valence-corrected chi connectivity index (χ3v) is 2.97. The molecule has 1 aromatic carbocycles. The van der Waals surface area contributed by atoms with Gasteiger partial charge in [-0.2, -0.15) is 0 Å². The van der Waals surface area contributed by atoms with Crippen LogP contribution in [0.4, 0.5) is 0 Å². The van der Waals surface area contributed by atoms with Gasteiger partial charge in [-0.15, -0.1) is 0 Å². The van der Waals surface area contributed by atoms with Gasteiger partial charge in [-0.3, -0.25) is 4.90 Å². The number of hydrogen-bond acceptors (Lipinski definition) is 1. The largest absolute Gasteiger partial charge is 0.296 e. The number of likely N-dealkylation sites (N-methyl/N-ethyl adjacent to an activating group) is 1. The lowest BCUT2D eigenvalue weighted by atomic mass is 10.0. The third-order valence-electron chi connectivity index (χ3n) is 2.97. The Morgan fingerprint density at radius 3 is 2.69 bits per heavy atom. The topological polar surface area (TPSA) is 3.01 Å². The molecule has 70 valence electrons. The predicted octanol–water partition coefficient (Wildman–Crippen LogP) is 2.54. The summed E-state index contributed by atoms with van der Waals surface area (Å²) in [5.74, 6) is 0. The molecule has 1 nitrogen and oxygen atoms in total. The van der Waals surface area contributed by atoms with Gasteiger partial charge in [0.2, 0.25) is 0 Å². The lowest BCUT2D eigenvalue weighted by Gasteiger charge is -2.06. The molecule has 2 atom stereocenters. The van der Waals surface area contributed by atoms with Gasteiger partial charge in [0.25, 0.3) is 0 Å². The summed E-state index contributed by atoms with van der Waals surface area (Å²) in [5, 5.41) is 0. The van der Waals surface area contributed by atoms with Gasteiger partial charge < -0.3 is 0 Å². The Morgan fingerprint density at radius 2 is 2.15 bits per heavy atom. The van der Waals surface area contributed by atoms with Crippen LogP contribution in [-0.2, 0) is 6.42 Å². The summed E-state index contributed by atoms with van der Waals surface area (Å²) in [6.07, 6.45) is 1.14. The first kappa shape index (κ1) is 8.76. The van der Waals surface area contributed by atoms with Gasteiger partial charge in [-0.05, 0) is 37.1 Å². The third kappa shape index (κ3) is 1.61. The molecule has 0 radical (unpaired) electrons. The van der Waals surface area contributed by atoms with E-state index in [1.54, 1.807) is 0 Å². The number of nitrogens with zero attached hydrogens (tertiary/aromatic N) is 1. The monoisotopic (exact) mass is 175 g/mol. The zero-order chi connectivity index (χ0) is 9.42. The van der Waals surface area contributed by atoms with Crippen molar-refractivity contribution >= 4 is 0 Å². The molecule has 13 heavy (non-hydrogen) atoms. The average Bonchev–Trinajstić information content (AvgIpc) is 2.83. The van der Waals surface area contributed by atoms with E-state index in [0.29, 0.717) is 6.04 Å². The number of hydrogen-bond donors (Lipinski definition) is 0. The van der Waals surface area contributed by atoms with Gasteiger partial charge in [-0.25, -0.2) is 0 Å². The Bertz CT molecular complexity index is 317. The molecule has 0 saturated carbocycles. The van der Waals surface area contributed by atoms with Crippen LogP contribution >= 0.6 is 0 Å². The molecule has 1 heteroatoms. The zero-order valence-corrected chi connectivity index (χ0v) is 8.67. The van der Waals surface area contributed by atoms with E-state index >= 15 is 0 Å². The fourth-order valence-electron chi connectivity index (χ4n) is 1.83. The SMILES string of the molecule is CCc1ccc(C)c(C2CN2C)c1. The van der Waals surface area contributed by atoms with Gasteiger partial charge in [-0.1, -0.05) is 25.1 Å². The summed E-state index contributed by atoms with van der Waals surface area (Å²) in [7, 11) is 2.18. The van der Waals surface area contributed by atoms with Crippen LogP contribution in [0.3, 0.4) is 0 Å². The van der Waals surface area contributed by atoms with Crippen LogP contribution in [0.5, 0.6) is 0 Å². The molecule has 0 aliphatic carbocycles. The fraction of sp³-hybridized carbons (Fsp3) is 0.500. The molecule has 0 amide bonds. The molecule has 1 fully saturated rings. The summed E-state index contributed by atoms with van der Waals surface area (Å²) in [6, 6.07) is 7.55. The lowest BCUT2D eigenvalue weighted by molar-refractivity contribution is 0.629. The van der Waals surface area contributed by atoms with Crippen LogP contribution in [0.15, 0.2) is 18.2 Å². The second kappa shape index (κ2) is 3.15. The Labute approximate surface area is 80.4 Å². The molecular formula is C12H17N. The molecule has 1 saturated heterocycles. The predicted molar refractivity (Wildman–Crippen MR) is 55.9 cm³/mol. The maximum Gasteiger partial charge on any atom is 0.0475 e. The summed E-state index contributed by atoms with van der Waals surface area (Å²) in [4.78, 5) is 2.38. The first-order chi connectivity index (χ1) is 6.22. The first-order valence-electron chi connectivity index (χ1n) is 5.02. The minimum absolute atomic E-state index is 0.700. The van der Waals surface area contributed by atoms with E-state index < -0.39 is 0 Å². The normalized spacial score (nSPS) is 26.1. The number of rotatable bonds is 2. The fourth-order valence-corrected chi connectivity index (χ4v) is 1.83. The highest BCUT2D eigenvalue weighted by Crippen LogP contribution is 2.34. The molecule has 0 spiro atoms. The van der Waals surface area contributed by atoms with Gasteiger partial charge >= 0.3 is 0 Å². The standard InChI is InChI=1S/C12H17N/c1-4-10-6-5-9(2)11(7-10)12-8-13(12)3/h5-7,12H,4,8H2,1-3H3. The summed E-state index contributed by atoms with van der Waals surface area (Å²) < 4.78 is 0. The van der Waals surface area contributed by atoms with Crippen LogP contribution < -0.4 is 0 Å². The highest BCUT2D eigenvalue weighted by Gasteiger charge is 2.32. The van der Waals surface area contributed by atoms with Crippen LogP contribution in [0, 0.1) is 6.92 Å². The molecule has 0 N–H and O–H groups in total. The van der Waals surface area contributed by atoms with Crippen molar-refractivity contribution in [1.29, 1.82) is 0 Å². The quantitative estimate of drug-likeness (QED) is 0.624. The van der Waals surface area contributed by atoms with Crippen molar-refractivity contribution in [2.45, 2.75) is 26.3 Å². The average molecular weight is 175 g/mol. The lowest BCUT2D eigenvalue weighted by Crippen LogP contribution is -1.93. The van der Waals surface area contributed by atoms with Crippen molar-refractivity contribution < 1.29 is 0 Å². The highest BCUT2D eigenvalue weighted by atomic mass is 15.3. The smallest absolute Gasteiger partial charge is 0.0475 e. The Balaban J connectivity index is 2.32. The Hall–Kier alpha value is -0.820. The molecule has 0 aromatic heterocycles. The molecular weight excluding hydrogens is 158 g/mol. The molecule has 1 aromatic rings. The van der Waals surface area contributed by atoms with Crippen LogP contribution in [0.2, 0.25) is 0 Å². The van der Waals surface area contributed by atoms with E-state index in [-0.39, 0.29) is 0 Å². The van der Waals surface area contributed by atoms with Gasteiger partial charge in [0, 0.05) is 12.6 Å². The molecule has 2 unspecified atom stereocenters. The number of benzene rings is 1. The zero-order valence-electron chi connectivity index (χ0n) is 8.67. The van der Waals surface area contributed by atoms with Crippen molar-refractivity contribution in [1.82, 2.24) is 4.90 Å². The van der Waals surface area contributed by atoms with Gasteiger partial charge in [0.15, 0.2) is 0 Å². The first-order valence-corrected chi connectivity index (χ1v) is 5.02. The Kier molecular flexibility index (Phi) is 2.12. The van der Waals surface area contributed by atoms with Gasteiger partial charge in [0.05, 0.1) is 0 Å². The maximum absolute atomic E-state index is 2.38. The van der Waals surface area contributed by atoms with Gasteiger partial charge in [0.1, 0.15) is 0 Å². The van der Waals surface area contributed by atoms with E-state index in [1.165, 1.54) is 23.2 Å². The second-order valence-corrected chi connectivity index (χ2v) is 4.00. The van der Waals surface area contributed by atoms with E-state index in [2.05, 4.69) is 44.0 Å². The summed E-state index contributed by atoms with van der Waals surface area (Å²) in [5.41, 5.74) is 4.43. The Morgan fingerprint density at radius 1 is 1.46 bits per heavy atom. The van der Waals surface area contributed by atoms with Crippen LogP contribution in [-0.4, -0.2) is 18.5 Å². The molecule has 1 aliphatic heterocycles. The second-order valence-electron chi connectivity index (χ2n) is 4.00. The maximum atomic E-state index is 2.38. The van der Waals surface area contributed by atoms with Crippen LogP contribution in [0.25, 0.3) is 0 Å². The summed E-state index contributed by atoms with van der Waals surface area (Å²) >= 11 is 0. The minimum Gasteiger partial charge on any atom is -0.296 e. The molecule has 1 aliphatic rings. The summed E-state index contributed by atoms with van der Waals surface area (Å²) in [6.45, 7) is 5.65. The van der Waals surface area contributed by atoms with Crippen molar-refractivity contribution in [2.24, 2.45) is 0 Å². The van der Waals surface area contributed by atoms with Crippen molar-refractivity contribution in [3.8, 4) is 0 Å². The minimum atomic E-state index is 0.700. The van der Waals surface area contributed by atoms with E-state index in [0.717, 1.165) is 6.42 Å². The van der Waals surface area contributed by atoms with E-state index in [1.807, 2.05) is 0 Å². The van der Waals surface area contributed by atoms with Crippen molar-refractivity contribution in [3.63, 3.8) is 0 Å². The van der Waals surface area contributed by atoms with Crippen molar-refractivity contribution in [3.05, 3.63) is 34.9 Å². The van der Waals surface area contributed by atoms with Crippen LogP contribution in [0.1, 0.15) is 29.7 Å².